The Morgan fingerprint density at radius 1 is 1.37 bits per heavy atom. The number of alkyl halides is 3. The smallest absolute Gasteiger partial charge is 0.384 e. The molecule has 0 aliphatic heterocycles. The summed E-state index contributed by atoms with van der Waals surface area (Å²) >= 11 is 0. The molecule has 3 N–H and O–H groups in total. The van der Waals surface area contributed by atoms with Crippen LogP contribution in [0.25, 0.3) is 0 Å². The van der Waals surface area contributed by atoms with E-state index in [1.54, 1.807) is 0 Å². The fraction of sp³-hybridized carbons (Fsp3) is 0.400. The lowest BCUT2D eigenvalue weighted by molar-refractivity contribution is -0.385. The molecule has 5 nitrogen and oxygen atoms in total. The van der Waals surface area contributed by atoms with Crippen molar-refractivity contribution in [3.63, 3.8) is 0 Å². The molecule has 0 fully saturated rings. The Labute approximate surface area is 113 Å². The van der Waals surface area contributed by atoms with Crippen molar-refractivity contribution in [1.29, 1.82) is 0 Å². The van der Waals surface area contributed by atoms with E-state index in [9.17, 15) is 23.3 Å². The molecule has 0 atom stereocenters. The van der Waals surface area contributed by atoms with Crippen LogP contribution in [0.1, 0.15) is 12.0 Å². The maximum atomic E-state index is 12.7. The number of halogens is 4. The molecule has 0 amide bonds. The summed E-state index contributed by atoms with van der Waals surface area (Å²) in [7, 11) is 0. The van der Waals surface area contributed by atoms with Crippen LogP contribution < -0.4 is 11.1 Å². The Balaban J connectivity index is 0.00000324. The van der Waals surface area contributed by atoms with E-state index in [4.69, 9.17) is 5.73 Å². The molecule has 108 valence electrons. The first kappa shape index (κ1) is 17.5. The highest BCUT2D eigenvalue weighted by molar-refractivity contribution is 5.85. The van der Waals surface area contributed by atoms with Gasteiger partial charge in [-0.05, 0) is 19.0 Å². The first-order valence-corrected chi connectivity index (χ1v) is 5.16. The number of nitrogens with zero attached hydrogens (tertiary/aromatic N) is 1. The van der Waals surface area contributed by atoms with E-state index in [1.165, 1.54) is 0 Å². The van der Waals surface area contributed by atoms with Gasteiger partial charge in [-0.25, -0.2) is 0 Å². The van der Waals surface area contributed by atoms with Gasteiger partial charge in [-0.2, -0.15) is 13.2 Å². The Morgan fingerprint density at radius 2 is 2.00 bits per heavy atom. The summed E-state index contributed by atoms with van der Waals surface area (Å²) in [6, 6.07) is 2.60. The minimum absolute atomic E-state index is 0. The molecule has 0 bridgehead atoms. The Kier molecular flexibility index (Phi) is 6.57. The highest BCUT2D eigenvalue weighted by atomic mass is 35.5. The topological polar surface area (TPSA) is 81.2 Å². The molecular weight excluding hydrogens is 287 g/mol. The van der Waals surface area contributed by atoms with Crippen LogP contribution in [0.2, 0.25) is 0 Å². The van der Waals surface area contributed by atoms with Gasteiger partial charge >= 0.3 is 6.18 Å². The molecule has 0 aliphatic rings. The quantitative estimate of drug-likeness (QED) is 0.497. The van der Waals surface area contributed by atoms with Crippen molar-refractivity contribution in [2.24, 2.45) is 5.73 Å². The molecule has 0 radical (unpaired) electrons. The Morgan fingerprint density at radius 3 is 2.47 bits per heavy atom. The van der Waals surface area contributed by atoms with Crippen molar-refractivity contribution < 1.29 is 18.1 Å². The fourth-order valence-electron chi connectivity index (χ4n) is 1.36. The molecule has 1 rings (SSSR count). The van der Waals surface area contributed by atoms with Crippen molar-refractivity contribution in [2.45, 2.75) is 12.6 Å². The van der Waals surface area contributed by atoms with Gasteiger partial charge in [0.1, 0.15) is 0 Å². The van der Waals surface area contributed by atoms with Gasteiger partial charge in [-0.3, -0.25) is 10.1 Å². The summed E-state index contributed by atoms with van der Waals surface area (Å²) in [5.41, 5.74) is 3.41. The van der Waals surface area contributed by atoms with Gasteiger partial charge in [0.15, 0.2) is 0 Å². The van der Waals surface area contributed by atoms with Crippen LogP contribution in [-0.4, -0.2) is 18.0 Å². The van der Waals surface area contributed by atoms with Crippen molar-refractivity contribution in [3.8, 4) is 0 Å². The molecule has 0 heterocycles. The number of non-ortho nitro benzene ring substituents is 1. The fourth-order valence-corrected chi connectivity index (χ4v) is 1.36. The number of nitrogens with one attached hydrogen (secondary N) is 1. The van der Waals surface area contributed by atoms with Gasteiger partial charge in [0.2, 0.25) is 0 Å². The molecule has 0 unspecified atom stereocenters. The van der Waals surface area contributed by atoms with E-state index in [2.05, 4.69) is 5.32 Å². The van der Waals surface area contributed by atoms with Crippen LogP contribution >= 0.6 is 12.4 Å². The first-order chi connectivity index (χ1) is 8.36. The predicted octanol–water partition coefficient (Wildman–Crippen LogP) is 2.80. The molecular formula is C10H13ClF3N3O2. The van der Waals surface area contributed by atoms with E-state index < -0.39 is 22.4 Å². The van der Waals surface area contributed by atoms with Gasteiger partial charge < -0.3 is 11.1 Å². The summed E-state index contributed by atoms with van der Waals surface area (Å²) in [5, 5.41) is 13.0. The number of rotatable bonds is 5. The van der Waals surface area contributed by atoms with Crippen molar-refractivity contribution in [1.82, 2.24) is 0 Å². The maximum Gasteiger partial charge on any atom is 0.418 e. The largest absolute Gasteiger partial charge is 0.418 e. The zero-order chi connectivity index (χ0) is 13.8. The lowest BCUT2D eigenvalue weighted by atomic mass is 10.1. The number of nitrogens with two attached hydrogens (primary N) is 1. The molecule has 0 aliphatic carbocycles. The number of anilines is 1. The monoisotopic (exact) mass is 299 g/mol. The summed E-state index contributed by atoms with van der Waals surface area (Å²) in [5.74, 6) is 0. The number of nitro groups is 1. The third kappa shape index (κ3) is 4.92. The summed E-state index contributed by atoms with van der Waals surface area (Å²) in [6.45, 7) is 0.624. The number of hydrogen-bond acceptors (Lipinski definition) is 4. The van der Waals surface area contributed by atoms with Crippen molar-refractivity contribution >= 4 is 23.8 Å². The Bertz CT molecular complexity index is 441. The van der Waals surface area contributed by atoms with Gasteiger partial charge in [0, 0.05) is 24.4 Å². The zero-order valence-corrected chi connectivity index (χ0v) is 10.6. The molecule has 19 heavy (non-hydrogen) atoms. The third-order valence-electron chi connectivity index (χ3n) is 2.22. The second-order valence-corrected chi connectivity index (χ2v) is 3.55. The van der Waals surface area contributed by atoms with E-state index in [0.717, 1.165) is 12.1 Å². The molecule has 1 aromatic rings. The molecule has 9 heteroatoms. The third-order valence-corrected chi connectivity index (χ3v) is 2.22. The van der Waals surface area contributed by atoms with Crippen LogP contribution in [-0.2, 0) is 6.18 Å². The average Bonchev–Trinajstić information content (AvgIpc) is 2.28. The molecule has 0 spiro atoms. The Hall–Kier alpha value is -1.54. The number of benzene rings is 1. The summed E-state index contributed by atoms with van der Waals surface area (Å²) < 4.78 is 38.1. The van der Waals surface area contributed by atoms with E-state index >= 15 is 0 Å². The standard InChI is InChI=1S/C10H12F3N3O2.ClH/c11-10(12,13)8-6-7(16(17)18)2-3-9(8)15-5-1-4-14;/h2-3,6,15H,1,4-5,14H2;1H. The van der Waals surface area contributed by atoms with Gasteiger partial charge in [0.25, 0.3) is 5.69 Å². The van der Waals surface area contributed by atoms with E-state index in [0.29, 0.717) is 19.0 Å². The van der Waals surface area contributed by atoms with Crippen LogP contribution in [0.4, 0.5) is 24.5 Å². The second kappa shape index (κ2) is 7.15. The normalized spacial score (nSPS) is 10.7. The summed E-state index contributed by atoms with van der Waals surface area (Å²) in [4.78, 5) is 9.59. The minimum atomic E-state index is -4.64. The van der Waals surface area contributed by atoms with Crippen LogP contribution in [0.3, 0.4) is 0 Å². The van der Waals surface area contributed by atoms with Crippen LogP contribution in [0.5, 0.6) is 0 Å². The predicted molar refractivity (Wildman–Crippen MR) is 67.5 cm³/mol. The van der Waals surface area contributed by atoms with Crippen LogP contribution in [0, 0.1) is 10.1 Å². The molecule has 0 aromatic heterocycles. The number of hydrogen-bond donors (Lipinski definition) is 2. The molecule has 0 saturated carbocycles. The lowest BCUT2D eigenvalue weighted by Gasteiger charge is -2.14. The SMILES string of the molecule is Cl.NCCCNc1ccc([N+](=O)[O-])cc1C(F)(F)F. The maximum absolute atomic E-state index is 12.7. The molecule has 0 saturated heterocycles. The minimum Gasteiger partial charge on any atom is -0.384 e. The first-order valence-electron chi connectivity index (χ1n) is 5.16. The average molecular weight is 300 g/mol. The highest BCUT2D eigenvalue weighted by Gasteiger charge is 2.35. The van der Waals surface area contributed by atoms with Gasteiger partial charge in [-0.15, -0.1) is 12.4 Å². The van der Waals surface area contributed by atoms with E-state index in [-0.39, 0.29) is 24.6 Å². The van der Waals surface area contributed by atoms with Gasteiger partial charge in [0.05, 0.1) is 10.5 Å². The second-order valence-electron chi connectivity index (χ2n) is 3.55. The lowest BCUT2D eigenvalue weighted by Crippen LogP contribution is -2.14. The zero-order valence-electron chi connectivity index (χ0n) is 9.74. The van der Waals surface area contributed by atoms with E-state index in [1.807, 2.05) is 0 Å². The number of nitro benzene ring substituents is 1. The van der Waals surface area contributed by atoms with Gasteiger partial charge in [-0.1, -0.05) is 0 Å². The van der Waals surface area contributed by atoms with Crippen LogP contribution in [0.15, 0.2) is 18.2 Å². The summed E-state index contributed by atoms with van der Waals surface area (Å²) in [6.07, 6.45) is -4.13. The van der Waals surface area contributed by atoms with Crippen molar-refractivity contribution in [3.05, 3.63) is 33.9 Å². The van der Waals surface area contributed by atoms with Crippen molar-refractivity contribution in [2.75, 3.05) is 18.4 Å². The molecule has 1 aromatic carbocycles. The highest BCUT2D eigenvalue weighted by Crippen LogP contribution is 2.36.